The van der Waals surface area contributed by atoms with E-state index >= 15 is 0 Å². The van der Waals surface area contributed by atoms with Gasteiger partial charge in [-0.15, -0.1) is 0 Å². The molecule has 0 aliphatic carbocycles. The van der Waals surface area contributed by atoms with Crippen molar-refractivity contribution in [2.75, 3.05) is 13.2 Å². The number of carbonyl (C=O) groups is 3. The van der Waals surface area contributed by atoms with E-state index in [1.54, 1.807) is 0 Å². The van der Waals surface area contributed by atoms with Gasteiger partial charge in [-0.2, -0.15) is 0 Å². The molecule has 6 heteroatoms. The Balaban J connectivity index is 4.46. The van der Waals surface area contributed by atoms with E-state index in [9.17, 15) is 14.4 Å². The number of carbonyl (C=O) groups excluding carboxylic acids is 3. The van der Waals surface area contributed by atoms with Crippen molar-refractivity contribution >= 4 is 17.9 Å². The van der Waals surface area contributed by atoms with Gasteiger partial charge in [-0.3, -0.25) is 14.4 Å². The molecule has 6 nitrogen and oxygen atoms in total. The Morgan fingerprint density at radius 2 is 0.513 bits per heavy atom. The minimum atomic E-state index is -0.816. The van der Waals surface area contributed by atoms with Crippen LogP contribution in [0.4, 0.5) is 0 Å². The van der Waals surface area contributed by atoms with Crippen molar-refractivity contribution in [1.29, 1.82) is 0 Å². The Morgan fingerprint density at radius 1 is 0.269 bits per heavy atom. The number of ether oxygens (including phenoxy) is 3. The molecule has 438 valence electrons. The smallest absolute Gasteiger partial charge is 0.306 e. The first-order valence-corrected chi connectivity index (χ1v) is 31.5. The number of hydrogen-bond donors (Lipinski definition) is 0. The van der Waals surface area contributed by atoms with Crippen LogP contribution in [0, 0.1) is 0 Å². The molecule has 0 saturated carbocycles. The molecule has 0 fully saturated rings. The van der Waals surface area contributed by atoms with Crippen LogP contribution in [0.2, 0.25) is 0 Å². The number of allylic oxidation sites excluding steroid dienone is 26. The molecule has 0 amide bonds. The van der Waals surface area contributed by atoms with Crippen molar-refractivity contribution < 1.29 is 28.6 Å². The molecule has 0 aliphatic rings. The molecule has 78 heavy (non-hydrogen) atoms. The predicted molar refractivity (Wildman–Crippen MR) is 338 cm³/mol. The van der Waals surface area contributed by atoms with E-state index in [1.165, 1.54) is 70.6 Å². The molecule has 0 spiro atoms. The normalized spacial score (nSPS) is 13.2. The van der Waals surface area contributed by atoms with Crippen LogP contribution >= 0.6 is 0 Å². The molecule has 0 radical (unpaired) electrons. The number of hydrogen-bond acceptors (Lipinski definition) is 6. The molecule has 0 heterocycles. The molecule has 1 atom stereocenters. The lowest BCUT2D eigenvalue weighted by Gasteiger charge is -2.18. The zero-order chi connectivity index (χ0) is 56.4. The van der Waals surface area contributed by atoms with E-state index in [0.717, 1.165) is 141 Å². The first-order chi connectivity index (χ1) is 38.5. The third-order valence-corrected chi connectivity index (χ3v) is 12.8. The first-order valence-electron chi connectivity index (χ1n) is 31.5. The lowest BCUT2D eigenvalue weighted by Crippen LogP contribution is -2.30. The van der Waals surface area contributed by atoms with Gasteiger partial charge in [0.25, 0.3) is 0 Å². The highest BCUT2D eigenvalue weighted by Gasteiger charge is 2.19. The summed E-state index contributed by atoms with van der Waals surface area (Å²) in [4.78, 5) is 38.2. The summed E-state index contributed by atoms with van der Waals surface area (Å²) < 4.78 is 16.8. The van der Waals surface area contributed by atoms with Crippen molar-refractivity contribution in [1.82, 2.24) is 0 Å². The van der Waals surface area contributed by atoms with E-state index in [2.05, 4.69) is 179 Å². The Hall–Kier alpha value is -4.97. The SMILES string of the molecule is CC/C=C\C/C=C\C/C=C\C/C=C\C/C=C\C/C=C\C/C=C\C/C=C\C/C=C\CCCC(=O)OCC(COC(=O)CCCCCCCCCCCCCC)OC(=O)CCCCCCCC/C=C\C/C=C\C/C=C\C/C=C\CC. The summed E-state index contributed by atoms with van der Waals surface area (Å²) in [5, 5.41) is 0. The lowest BCUT2D eigenvalue weighted by atomic mass is 10.0. The number of esters is 3. The summed E-state index contributed by atoms with van der Waals surface area (Å²) >= 11 is 0. The quantitative estimate of drug-likeness (QED) is 0.0261. The van der Waals surface area contributed by atoms with Crippen LogP contribution in [0.1, 0.15) is 258 Å². The largest absolute Gasteiger partial charge is 0.462 e. The molecule has 0 N–H and O–H groups in total. The Labute approximate surface area is 480 Å². The van der Waals surface area contributed by atoms with Crippen molar-refractivity contribution in [3.05, 3.63) is 158 Å². The van der Waals surface area contributed by atoms with Crippen LogP contribution in [0.3, 0.4) is 0 Å². The topological polar surface area (TPSA) is 78.9 Å². The van der Waals surface area contributed by atoms with Crippen LogP contribution in [-0.4, -0.2) is 37.2 Å². The van der Waals surface area contributed by atoms with Gasteiger partial charge in [0.1, 0.15) is 13.2 Å². The third kappa shape index (κ3) is 61.9. The van der Waals surface area contributed by atoms with Gasteiger partial charge in [0.15, 0.2) is 6.10 Å². The second-order valence-electron chi connectivity index (χ2n) is 20.2. The molecule has 0 rings (SSSR count). The van der Waals surface area contributed by atoms with Gasteiger partial charge in [0.2, 0.25) is 0 Å². The molecular weight excluding hydrogens is 961 g/mol. The highest BCUT2D eigenvalue weighted by molar-refractivity contribution is 5.71. The maximum absolute atomic E-state index is 12.9. The summed E-state index contributed by atoms with van der Waals surface area (Å²) in [6, 6.07) is 0. The minimum Gasteiger partial charge on any atom is -0.462 e. The van der Waals surface area contributed by atoms with Crippen LogP contribution in [0.5, 0.6) is 0 Å². The van der Waals surface area contributed by atoms with Crippen molar-refractivity contribution in [3.63, 3.8) is 0 Å². The maximum Gasteiger partial charge on any atom is 0.306 e. The fraction of sp³-hybridized carbons (Fsp3) is 0.597. The average molecular weight is 1080 g/mol. The minimum absolute atomic E-state index is 0.106. The monoisotopic (exact) mass is 1070 g/mol. The molecular formula is C72H114O6. The van der Waals surface area contributed by atoms with E-state index < -0.39 is 6.10 Å². The Bertz CT molecular complexity index is 1760. The molecule has 0 aromatic rings. The summed E-state index contributed by atoms with van der Waals surface area (Å²) in [6.45, 7) is 6.35. The van der Waals surface area contributed by atoms with Gasteiger partial charge in [-0.25, -0.2) is 0 Å². The van der Waals surface area contributed by atoms with Gasteiger partial charge in [-0.1, -0.05) is 275 Å². The van der Waals surface area contributed by atoms with Crippen LogP contribution < -0.4 is 0 Å². The molecule has 0 bridgehead atoms. The van der Waals surface area contributed by atoms with E-state index in [-0.39, 0.29) is 37.5 Å². The molecule has 0 aromatic carbocycles. The van der Waals surface area contributed by atoms with Crippen molar-refractivity contribution in [3.8, 4) is 0 Å². The molecule has 0 saturated heterocycles. The van der Waals surface area contributed by atoms with Gasteiger partial charge in [0, 0.05) is 19.3 Å². The molecule has 1 unspecified atom stereocenters. The molecule has 0 aromatic heterocycles. The van der Waals surface area contributed by atoms with Gasteiger partial charge >= 0.3 is 17.9 Å². The standard InChI is InChI=1S/C72H114O6/c1-4-7-10-13-16-19-22-25-27-29-31-32-33-34-35-36-37-38-39-40-42-43-45-47-50-53-56-59-62-65-71(74)77-68-69(67-76-70(73)64-61-58-55-52-49-24-21-18-15-12-9-6-3)78-72(75)66-63-60-57-54-51-48-46-44-41-30-28-26-23-20-17-14-11-8-5-2/h7-8,10-11,16-17,19-20,25-28,31-32,34-35,37-38,40-42,44-45,47,53,56,69H,4-6,9,12-15,18,21-24,29-30,33,36,39,43,46,48-52,54-55,57-68H2,1-3H3/b10-7-,11-8-,19-16-,20-17-,27-25-,28-26-,32-31-,35-34-,38-37-,42-40-,44-41-,47-45-,56-53-. The third-order valence-electron chi connectivity index (χ3n) is 12.8. The number of rotatable bonds is 55. The van der Waals surface area contributed by atoms with Gasteiger partial charge in [0.05, 0.1) is 0 Å². The van der Waals surface area contributed by atoms with Crippen LogP contribution in [0.25, 0.3) is 0 Å². The van der Waals surface area contributed by atoms with E-state index in [1.807, 2.05) is 0 Å². The van der Waals surface area contributed by atoms with Crippen molar-refractivity contribution in [2.45, 2.75) is 264 Å². The second kappa shape index (κ2) is 64.6. The van der Waals surface area contributed by atoms with E-state index in [4.69, 9.17) is 14.2 Å². The van der Waals surface area contributed by atoms with Crippen molar-refractivity contribution in [2.24, 2.45) is 0 Å². The summed E-state index contributed by atoms with van der Waals surface area (Å²) in [7, 11) is 0. The Kier molecular flexibility index (Phi) is 60.4. The van der Waals surface area contributed by atoms with Crippen LogP contribution in [-0.2, 0) is 28.6 Å². The molecule has 0 aliphatic heterocycles. The fourth-order valence-corrected chi connectivity index (χ4v) is 8.14. The summed E-state index contributed by atoms with van der Waals surface area (Å²) in [5.41, 5.74) is 0. The van der Waals surface area contributed by atoms with Crippen LogP contribution in [0.15, 0.2) is 158 Å². The van der Waals surface area contributed by atoms with E-state index in [0.29, 0.717) is 19.3 Å². The second-order valence-corrected chi connectivity index (χ2v) is 20.2. The summed E-state index contributed by atoms with van der Waals surface area (Å²) in [5.74, 6) is -0.986. The number of unbranched alkanes of at least 4 members (excludes halogenated alkanes) is 18. The highest BCUT2D eigenvalue weighted by Crippen LogP contribution is 2.14. The summed E-state index contributed by atoms with van der Waals surface area (Å²) in [6.07, 6.45) is 93.9. The predicted octanol–water partition coefficient (Wildman–Crippen LogP) is 21.7. The van der Waals surface area contributed by atoms with Gasteiger partial charge < -0.3 is 14.2 Å². The highest BCUT2D eigenvalue weighted by atomic mass is 16.6. The average Bonchev–Trinajstić information content (AvgIpc) is 3.44. The lowest BCUT2D eigenvalue weighted by molar-refractivity contribution is -0.167. The maximum atomic E-state index is 12.9. The zero-order valence-electron chi connectivity index (χ0n) is 50.1. The first kappa shape index (κ1) is 73.0. The fourth-order valence-electron chi connectivity index (χ4n) is 8.14. The Morgan fingerprint density at radius 3 is 0.833 bits per heavy atom. The van der Waals surface area contributed by atoms with Gasteiger partial charge in [-0.05, 0) is 122 Å². The zero-order valence-corrected chi connectivity index (χ0v) is 50.1.